The third kappa shape index (κ3) is 6.22. The first-order valence-electron chi connectivity index (χ1n) is 9.10. The van der Waals surface area contributed by atoms with E-state index in [1.54, 1.807) is 16.7 Å². The Kier molecular flexibility index (Phi) is 9.41. The first-order chi connectivity index (χ1) is 10.3. The largest absolute Gasteiger partial charge is 0.317 e. The van der Waals surface area contributed by atoms with Crippen LogP contribution >= 0.6 is 0 Å². The lowest BCUT2D eigenvalue weighted by Crippen LogP contribution is -2.15. The summed E-state index contributed by atoms with van der Waals surface area (Å²) in [4.78, 5) is 0. The third-order valence-electron chi connectivity index (χ3n) is 4.37. The Morgan fingerprint density at radius 1 is 0.762 bits per heavy atom. The van der Waals surface area contributed by atoms with Gasteiger partial charge in [-0.3, -0.25) is 0 Å². The molecule has 0 heterocycles. The molecule has 0 saturated heterocycles. The molecule has 1 aromatic carbocycles. The molecule has 0 spiro atoms. The van der Waals surface area contributed by atoms with Crippen molar-refractivity contribution in [3.05, 3.63) is 34.4 Å². The van der Waals surface area contributed by atoms with Crippen LogP contribution in [0.3, 0.4) is 0 Å². The monoisotopic (exact) mass is 289 g/mol. The van der Waals surface area contributed by atoms with Gasteiger partial charge in [0.25, 0.3) is 0 Å². The van der Waals surface area contributed by atoms with Crippen LogP contribution in [0.5, 0.6) is 0 Å². The molecule has 0 unspecified atom stereocenters. The van der Waals surface area contributed by atoms with Crippen molar-refractivity contribution in [3.8, 4) is 0 Å². The summed E-state index contributed by atoms with van der Waals surface area (Å²) in [6.07, 6.45) is 10.0. The molecule has 1 nitrogen and oxygen atoms in total. The normalized spacial score (nSPS) is 11.0. The van der Waals surface area contributed by atoms with Crippen LogP contribution in [-0.4, -0.2) is 13.1 Å². The van der Waals surface area contributed by atoms with Crippen molar-refractivity contribution >= 4 is 0 Å². The minimum absolute atomic E-state index is 1.16. The first kappa shape index (κ1) is 18.2. The molecule has 0 amide bonds. The molecule has 0 fully saturated rings. The van der Waals surface area contributed by atoms with E-state index in [-0.39, 0.29) is 0 Å². The van der Waals surface area contributed by atoms with Crippen LogP contribution in [0.15, 0.2) is 12.1 Å². The third-order valence-corrected chi connectivity index (χ3v) is 4.37. The molecule has 1 N–H and O–H groups in total. The SMILES string of the molecule is CCCNCCCCCc1c(CC)cc(CC)cc1CC. The zero-order valence-corrected chi connectivity index (χ0v) is 14.7. The van der Waals surface area contributed by atoms with Crippen LogP contribution in [-0.2, 0) is 25.7 Å². The van der Waals surface area contributed by atoms with E-state index in [1.165, 1.54) is 63.6 Å². The summed E-state index contributed by atoms with van der Waals surface area (Å²) < 4.78 is 0. The van der Waals surface area contributed by atoms with Crippen LogP contribution in [0.25, 0.3) is 0 Å². The van der Waals surface area contributed by atoms with Gasteiger partial charge >= 0.3 is 0 Å². The second-order valence-electron chi connectivity index (χ2n) is 6.01. The molecule has 1 rings (SSSR count). The van der Waals surface area contributed by atoms with Crippen molar-refractivity contribution in [2.24, 2.45) is 0 Å². The molecule has 1 aromatic rings. The second-order valence-corrected chi connectivity index (χ2v) is 6.01. The lowest BCUT2D eigenvalue weighted by Gasteiger charge is -2.15. The summed E-state index contributed by atoms with van der Waals surface area (Å²) in [7, 11) is 0. The van der Waals surface area contributed by atoms with Gasteiger partial charge in [-0.15, -0.1) is 0 Å². The Balaban J connectivity index is 2.53. The highest BCUT2D eigenvalue weighted by molar-refractivity contribution is 5.39. The molecule has 1 heteroatoms. The zero-order chi connectivity index (χ0) is 15.5. The van der Waals surface area contributed by atoms with Gasteiger partial charge in [0.1, 0.15) is 0 Å². The lowest BCUT2D eigenvalue weighted by molar-refractivity contribution is 0.597. The fraction of sp³-hybridized carbons (Fsp3) is 0.700. The van der Waals surface area contributed by atoms with Crippen LogP contribution in [0.1, 0.15) is 75.6 Å². The number of hydrogen-bond donors (Lipinski definition) is 1. The number of hydrogen-bond acceptors (Lipinski definition) is 1. The minimum Gasteiger partial charge on any atom is -0.317 e. The molecule has 0 saturated carbocycles. The van der Waals surface area contributed by atoms with Crippen molar-refractivity contribution in [2.45, 2.75) is 79.1 Å². The molecule has 0 aliphatic carbocycles. The van der Waals surface area contributed by atoms with Gasteiger partial charge in [-0.25, -0.2) is 0 Å². The number of nitrogens with one attached hydrogen (secondary N) is 1. The average Bonchev–Trinajstić information content (AvgIpc) is 2.53. The number of rotatable bonds is 11. The van der Waals surface area contributed by atoms with Gasteiger partial charge in [0.05, 0.1) is 0 Å². The maximum absolute atomic E-state index is 3.49. The summed E-state index contributed by atoms with van der Waals surface area (Å²) in [5.41, 5.74) is 6.35. The fourth-order valence-electron chi connectivity index (χ4n) is 3.06. The van der Waals surface area contributed by atoms with Crippen molar-refractivity contribution in [3.63, 3.8) is 0 Å². The topological polar surface area (TPSA) is 12.0 Å². The van der Waals surface area contributed by atoms with Gasteiger partial charge in [-0.2, -0.15) is 0 Å². The van der Waals surface area contributed by atoms with E-state index >= 15 is 0 Å². The predicted octanol–water partition coefficient (Wildman–Crippen LogP) is 5.09. The molecule has 21 heavy (non-hydrogen) atoms. The van der Waals surface area contributed by atoms with Gasteiger partial charge in [0, 0.05) is 0 Å². The summed E-state index contributed by atoms with van der Waals surface area (Å²) in [5.74, 6) is 0. The number of benzene rings is 1. The highest BCUT2D eigenvalue weighted by Gasteiger charge is 2.08. The van der Waals surface area contributed by atoms with E-state index in [9.17, 15) is 0 Å². The predicted molar refractivity (Wildman–Crippen MR) is 95.3 cm³/mol. The molecule has 0 aliphatic rings. The highest BCUT2D eigenvalue weighted by Crippen LogP contribution is 2.22. The molecule has 0 aliphatic heterocycles. The Morgan fingerprint density at radius 3 is 1.95 bits per heavy atom. The molecular formula is C20H35N. The van der Waals surface area contributed by atoms with Crippen molar-refractivity contribution in [1.82, 2.24) is 5.32 Å². The summed E-state index contributed by atoms with van der Waals surface area (Å²) in [6.45, 7) is 11.4. The van der Waals surface area contributed by atoms with Crippen molar-refractivity contribution < 1.29 is 0 Å². The van der Waals surface area contributed by atoms with Gasteiger partial charge in [-0.05, 0) is 80.3 Å². The number of unbranched alkanes of at least 4 members (excludes halogenated alkanes) is 2. The molecule has 0 bridgehead atoms. The van der Waals surface area contributed by atoms with E-state index in [4.69, 9.17) is 0 Å². The van der Waals surface area contributed by atoms with E-state index in [0.717, 1.165) is 6.42 Å². The van der Waals surface area contributed by atoms with Crippen LogP contribution in [0.2, 0.25) is 0 Å². The van der Waals surface area contributed by atoms with Gasteiger partial charge in [-0.1, -0.05) is 46.2 Å². The highest BCUT2D eigenvalue weighted by atomic mass is 14.8. The minimum atomic E-state index is 1.16. The maximum atomic E-state index is 3.49. The summed E-state index contributed by atoms with van der Waals surface area (Å²) in [6, 6.07) is 4.88. The maximum Gasteiger partial charge on any atom is -0.00489 e. The second kappa shape index (κ2) is 10.8. The zero-order valence-electron chi connectivity index (χ0n) is 14.7. The Hall–Kier alpha value is -0.820. The van der Waals surface area contributed by atoms with E-state index in [0.29, 0.717) is 0 Å². The van der Waals surface area contributed by atoms with E-state index < -0.39 is 0 Å². The van der Waals surface area contributed by atoms with Crippen molar-refractivity contribution in [1.29, 1.82) is 0 Å². The van der Waals surface area contributed by atoms with Crippen LogP contribution < -0.4 is 5.32 Å². The Morgan fingerprint density at radius 2 is 1.43 bits per heavy atom. The van der Waals surface area contributed by atoms with Gasteiger partial charge in [0.15, 0.2) is 0 Å². The van der Waals surface area contributed by atoms with Gasteiger partial charge in [0.2, 0.25) is 0 Å². The molecule has 0 atom stereocenters. The quantitative estimate of drug-likeness (QED) is 0.560. The summed E-state index contributed by atoms with van der Waals surface area (Å²) in [5, 5.41) is 3.49. The molecule has 0 radical (unpaired) electrons. The number of aryl methyl sites for hydroxylation is 3. The van der Waals surface area contributed by atoms with E-state index in [2.05, 4.69) is 45.1 Å². The van der Waals surface area contributed by atoms with Gasteiger partial charge < -0.3 is 5.32 Å². The van der Waals surface area contributed by atoms with Crippen LogP contribution in [0.4, 0.5) is 0 Å². The average molecular weight is 290 g/mol. The van der Waals surface area contributed by atoms with Crippen LogP contribution in [0, 0.1) is 0 Å². The first-order valence-corrected chi connectivity index (χ1v) is 9.10. The van der Waals surface area contributed by atoms with E-state index in [1.807, 2.05) is 0 Å². The smallest absolute Gasteiger partial charge is 0.00489 e. The summed E-state index contributed by atoms with van der Waals surface area (Å²) >= 11 is 0. The molecule has 0 aromatic heterocycles. The Labute approximate surface area is 132 Å². The Bertz CT molecular complexity index is 370. The standard InChI is InChI=1S/C20H35N/c1-5-13-21-14-11-9-10-12-20-18(7-3)15-17(6-2)16-19(20)8-4/h15-16,21H,5-14H2,1-4H3. The molecular weight excluding hydrogens is 254 g/mol. The molecule has 120 valence electrons. The lowest BCUT2D eigenvalue weighted by atomic mass is 9.90. The van der Waals surface area contributed by atoms with Crippen molar-refractivity contribution in [2.75, 3.05) is 13.1 Å². The fourth-order valence-corrected chi connectivity index (χ4v) is 3.06.